The topological polar surface area (TPSA) is 92.8 Å². The summed E-state index contributed by atoms with van der Waals surface area (Å²) in [5, 5.41) is 3.26. The largest absolute Gasteiger partial charge is 0.452 e. The van der Waals surface area contributed by atoms with Gasteiger partial charge in [-0.25, -0.2) is 13.2 Å². The van der Waals surface area contributed by atoms with Crippen LogP contribution in [-0.4, -0.2) is 33.4 Å². The molecule has 9 heteroatoms. The van der Waals surface area contributed by atoms with Crippen LogP contribution in [-0.2, 0) is 32.5 Å². The molecule has 0 aromatic heterocycles. The Bertz CT molecular complexity index is 1290. The van der Waals surface area contributed by atoms with E-state index in [4.69, 9.17) is 16.3 Å². The highest BCUT2D eigenvalue weighted by atomic mass is 35.5. The summed E-state index contributed by atoms with van der Waals surface area (Å²) in [6.07, 6.45) is 1.57. The molecule has 0 spiro atoms. The maximum atomic E-state index is 13.2. The summed E-state index contributed by atoms with van der Waals surface area (Å²) < 4.78 is 32.9. The summed E-state index contributed by atoms with van der Waals surface area (Å²) in [6.45, 7) is 0.227. The monoisotopic (exact) mass is 498 g/mol. The Morgan fingerprint density at radius 3 is 2.41 bits per heavy atom. The molecule has 1 aliphatic heterocycles. The van der Waals surface area contributed by atoms with Gasteiger partial charge in [0.2, 0.25) is 0 Å². The molecule has 4 rings (SSSR count). The Morgan fingerprint density at radius 1 is 0.971 bits per heavy atom. The van der Waals surface area contributed by atoms with E-state index in [-0.39, 0.29) is 17.0 Å². The number of nitrogens with zero attached hydrogens (tertiary/aromatic N) is 1. The second kappa shape index (κ2) is 10.3. The lowest BCUT2D eigenvalue weighted by Crippen LogP contribution is -2.35. The molecule has 34 heavy (non-hydrogen) atoms. The lowest BCUT2D eigenvalue weighted by molar-refractivity contribution is -0.124. The van der Waals surface area contributed by atoms with E-state index in [1.165, 1.54) is 28.6 Å². The van der Waals surface area contributed by atoms with E-state index in [0.29, 0.717) is 17.3 Å². The summed E-state index contributed by atoms with van der Waals surface area (Å²) in [5.74, 6) is -1.17. The minimum atomic E-state index is -3.77. The van der Waals surface area contributed by atoms with Crippen molar-refractivity contribution in [1.29, 1.82) is 0 Å². The van der Waals surface area contributed by atoms with Crippen molar-refractivity contribution in [2.24, 2.45) is 0 Å². The van der Waals surface area contributed by atoms with Crippen LogP contribution in [0.4, 0.5) is 5.69 Å². The second-order valence-corrected chi connectivity index (χ2v) is 10.1. The molecule has 0 atom stereocenters. The SMILES string of the molecule is O=C(COC(=O)c1ccc(S(=O)(=O)N2CCCc3ccccc32)cc1)NCc1ccc(Cl)cc1. The number of benzene rings is 3. The first-order valence-corrected chi connectivity index (χ1v) is 12.6. The molecule has 0 aliphatic carbocycles. The Labute approximate surface area is 203 Å². The summed E-state index contributed by atoms with van der Waals surface area (Å²) in [5.41, 5.74) is 2.69. The Balaban J connectivity index is 1.35. The van der Waals surface area contributed by atoms with Gasteiger partial charge in [-0.15, -0.1) is 0 Å². The number of amides is 1. The van der Waals surface area contributed by atoms with Gasteiger partial charge in [-0.1, -0.05) is 41.9 Å². The molecule has 1 aliphatic rings. The Hall–Kier alpha value is -3.36. The number of carbonyl (C=O) groups excluding carboxylic acids is 2. The van der Waals surface area contributed by atoms with Gasteiger partial charge in [-0.05, 0) is 66.4 Å². The first kappa shape index (κ1) is 23.8. The molecule has 3 aromatic rings. The van der Waals surface area contributed by atoms with Crippen molar-refractivity contribution in [2.45, 2.75) is 24.3 Å². The third kappa shape index (κ3) is 5.40. The van der Waals surface area contributed by atoms with E-state index < -0.39 is 28.5 Å². The van der Waals surface area contributed by atoms with E-state index in [9.17, 15) is 18.0 Å². The highest BCUT2D eigenvalue weighted by Gasteiger charge is 2.29. The van der Waals surface area contributed by atoms with E-state index in [2.05, 4.69) is 5.32 Å². The predicted molar refractivity (Wildman–Crippen MR) is 129 cm³/mol. The van der Waals surface area contributed by atoms with E-state index in [0.717, 1.165) is 24.0 Å². The van der Waals surface area contributed by atoms with Gasteiger partial charge in [-0.3, -0.25) is 9.10 Å². The number of nitrogens with one attached hydrogen (secondary N) is 1. The lowest BCUT2D eigenvalue weighted by Gasteiger charge is -2.30. The van der Waals surface area contributed by atoms with Crippen molar-refractivity contribution in [3.63, 3.8) is 0 Å². The quantitative estimate of drug-likeness (QED) is 0.498. The number of halogens is 1. The van der Waals surface area contributed by atoms with Crippen LogP contribution in [0.25, 0.3) is 0 Å². The van der Waals surface area contributed by atoms with Gasteiger partial charge in [0.25, 0.3) is 15.9 Å². The molecule has 3 aromatic carbocycles. The van der Waals surface area contributed by atoms with Crippen LogP contribution in [0.3, 0.4) is 0 Å². The number of rotatable bonds is 7. The highest BCUT2D eigenvalue weighted by Crippen LogP contribution is 2.31. The van der Waals surface area contributed by atoms with Crippen LogP contribution in [0, 0.1) is 0 Å². The fraction of sp³-hybridized carbons (Fsp3) is 0.200. The van der Waals surface area contributed by atoms with Gasteiger partial charge < -0.3 is 10.1 Å². The summed E-state index contributed by atoms with van der Waals surface area (Å²) in [7, 11) is -3.77. The van der Waals surface area contributed by atoms with Crippen LogP contribution in [0.5, 0.6) is 0 Å². The fourth-order valence-corrected chi connectivity index (χ4v) is 5.37. The summed E-state index contributed by atoms with van der Waals surface area (Å²) in [6, 6.07) is 20.0. The first-order chi connectivity index (χ1) is 16.3. The van der Waals surface area contributed by atoms with Crippen molar-refractivity contribution >= 4 is 39.2 Å². The predicted octanol–water partition coefficient (Wildman–Crippen LogP) is 3.95. The van der Waals surface area contributed by atoms with E-state index in [1.54, 1.807) is 30.3 Å². The third-order valence-corrected chi connectivity index (χ3v) is 7.56. The van der Waals surface area contributed by atoms with Crippen LogP contribution < -0.4 is 9.62 Å². The van der Waals surface area contributed by atoms with Crippen molar-refractivity contribution in [3.8, 4) is 0 Å². The molecule has 0 radical (unpaired) electrons. The molecule has 1 N–H and O–H groups in total. The molecule has 0 saturated carbocycles. The number of anilines is 1. The van der Waals surface area contributed by atoms with Crippen molar-refractivity contribution in [3.05, 3.63) is 94.5 Å². The maximum Gasteiger partial charge on any atom is 0.338 e. The number of hydrogen-bond acceptors (Lipinski definition) is 5. The second-order valence-electron chi connectivity index (χ2n) is 7.81. The third-order valence-electron chi connectivity index (χ3n) is 5.48. The minimum Gasteiger partial charge on any atom is -0.452 e. The smallest absolute Gasteiger partial charge is 0.338 e. The average Bonchev–Trinajstić information content (AvgIpc) is 2.86. The van der Waals surface area contributed by atoms with Crippen molar-refractivity contribution < 1.29 is 22.7 Å². The molecular formula is C25H23ClN2O5S. The maximum absolute atomic E-state index is 13.2. The Morgan fingerprint density at radius 2 is 1.68 bits per heavy atom. The number of carbonyl (C=O) groups is 2. The molecule has 0 fully saturated rings. The van der Waals surface area contributed by atoms with E-state index >= 15 is 0 Å². The van der Waals surface area contributed by atoms with Crippen LogP contribution in [0.15, 0.2) is 77.7 Å². The zero-order valence-electron chi connectivity index (χ0n) is 18.2. The zero-order valence-corrected chi connectivity index (χ0v) is 19.8. The molecule has 0 bridgehead atoms. The standard InChI is InChI=1S/C25H23ClN2O5S/c26-21-11-7-18(8-12-21)16-27-24(29)17-33-25(30)20-9-13-22(14-10-20)34(31,32)28-15-3-5-19-4-1-2-6-23(19)28/h1-2,4,6-14H,3,5,15-17H2,(H,27,29). The van der Waals surface area contributed by atoms with Gasteiger partial charge in [0, 0.05) is 18.1 Å². The molecule has 0 unspecified atom stereocenters. The normalized spacial score (nSPS) is 13.1. The van der Waals surface area contributed by atoms with E-state index in [1.807, 2.05) is 18.2 Å². The van der Waals surface area contributed by atoms with Crippen LogP contribution in [0.1, 0.15) is 27.9 Å². The fourth-order valence-electron chi connectivity index (χ4n) is 3.71. The number of hydrogen-bond donors (Lipinski definition) is 1. The number of ether oxygens (including phenoxy) is 1. The molecule has 7 nitrogen and oxygen atoms in total. The van der Waals surface area contributed by atoms with Gasteiger partial charge in [0.15, 0.2) is 6.61 Å². The van der Waals surface area contributed by atoms with Gasteiger partial charge in [0.1, 0.15) is 0 Å². The summed E-state index contributed by atoms with van der Waals surface area (Å²) in [4.78, 5) is 24.4. The zero-order chi connectivity index (χ0) is 24.1. The lowest BCUT2D eigenvalue weighted by atomic mass is 10.0. The Kier molecular flexibility index (Phi) is 7.19. The molecular weight excluding hydrogens is 476 g/mol. The molecule has 0 saturated heterocycles. The molecule has 1 amide bonds. The number of aryl methyl sites for hydroxylation is 1. The summed E-state index contributed by atoms with van der Waals surface area (Å²) >= 11 is 5.83. The first-order valence-electron chi connectivity index (χ1n) is 10.7. The number of fused-ring (bicyclic) bond motifs is 1. The average molecular weight is 499 g/mol. The van der Waals surface area contributed by atoms with Crippen molar-refractivity contribution in [1.82, 2.24) is 5.32 Å². The minimum absolute atomic E-state index is 0.0847. The van der Waals surface area contributed by atoms with Gasteiger partial charge in [-0.2, -0.15) is 0 Å². The number of para-hydroxylation sites is 1. The highest BCUT2D eigenvalue weighted by molar-refractivity contribution is 7.92. The number of esters is 1. The van der Waals surface area contributed by atoms with Crippen molar-refractivity contribution in [2.75, 3.05) is 17.5 Å². The van der Waals surface area contributed by atoms with Gasteiger partial charge in [0.05, 0.1) is 16.1 Å². The van der Waals surface area contributed by atoms with Crippen LogP contribution >= 0.6 is 11.6 Å². The van der Waals surface area contributed by atoms with Gasteiger partial charge >= 0.3 is 5.97 Å². The van der Waals surface area contributed by atoms with Crippen LogP contribution in [0.2, 0.25) is 5.02 Å². The molecule has 1 heterocycles. The number of sulfonamides is 1. The molecule has 176 valence electrons.